The van der Waals surface area contributed by atoms with E-state index in [2.05, 4.69) is 0 Å². The van der Waals surface area contributed by atoms with E-state index in [-0.39, 0.29) is 29.9 Å². The molecule has 0 aliphatic carbocycles. The maximum atomic E-state index is 13.7. The van der Waals surface area contributed by atoms with Gasteiger partial charge in [-0.1, -0.05) is 42.0 Å². The quantitative estimate of drug-likeness (QED) is 0.336. The lowest BCUT2D eigenvalue weighted by atomic mass is 9.86. The summed E-state index contributed by atoms with van der Waals surface area (Å²) in [4.78, 5) is 12.5. The highest BCUT2D eigenvalue weighted by molar-refractivity contribution is 6.00. The summed E-state index contributed by atoms with van der Waals surface area (Å²) in [5.41, 5.74) is 6.40. The molecule has 30 heavy (non-hydrogen) atoms. The second-order valence-electron chi connectivity index (χ2n) is 6.91. The van der Waals surface area contributed by atoms with Gasteiger partial charge in [0, 0.05) is 12.0 Å². The number of carbonyl (C=O) groups is 1. The average Bonchev–Trinajstić information content (AvgIpc) is 2.64. The molecular formula is C21H21F6NO2. The maximum Gasteiger partial charge on any atom is 0.397 e. The molecule has 0 bridgehead atoms. The molecule has 2 aromatic rings. The normalized spacial score (nSPS) is 14.3. The molecule has 0 saturated heterocycles. The molecule has 0 amide bonds. The minimum absolute atomic E-state index is 0.0759. The van der Waals surface area contributed by atoms with Crippen LogP contribution in [0.2, 0.25) is 0 Å². The second-order valence-corrected chi connectivity index (χ2v) is 6.91. The summed E-state index contributed by atoms with van der Waals surface area (Å²) in [6.45, 7) is 1.55. The molecule has 164 valence electrons. The Kier molecular flexibility index (Phi) is 7.52. The van der Waals surface area contributed by atoms with Crippen molar-refractivity contribution in [3.63, 3.8) is 0 Å². The van der Waals surface area contributed by atoms with Crippen molar-refractivity contribution in [2.24, 2.45) is 5.73 Å². The van der Waals surface area contributed by atoms with E-state index in [1.54, 1.807) is 19.1 Å². The predicted octanol–water partition coefficient (Wildman–Crippen LogP) is 5.57. The largest absolute Gasteiger partial charge is 0.494 e. The molecule has 0 aliphatic heterocycles. The molecule has 2 aromatic carbocycles. The van der Waals surface area contributed by atoms with Gasteiger partial charge in [-0.3, -0.25) is 4.79 Å². The Bertz CT molecular complexity index is 829. The van der Waals surface area contributed by atoms with Gasteiger partial charge in [0.1, 0.15) is 11.7 Å². The van der Waals surface area contributed by atoms with Crippen molar-refractivity contribution in [3.05, 3.63) is 65.2 Å². The number of Topliss-reactive ketones (excluding diaryl/α,β-unsaturated/α-hetero) is 1. The summed E-state index contributed by atoms with van der Waals surface area (Å²) in [5, 5.41) is 0. The van der Waals surface area contributed by atoms with Crippen molar-refractivity contribution in [1.29, 1.82) is 0 Å². The molecule has 0 radical (unpaired) electrons. The number of ketones is 1. The number of alkyl halides is 6. The van der Waals surface area contributed by atoms with E-state index in [0.717, 1.165) is 17.7 Å². The molecule has 2 rings (SSSR count). The van der Waals surface area contributed by atoms with Crippen LogP contribution in [0.3, 0.4) is 0 Å². The topological polar surface area (TPSA) is 52.3 Å². The van der Waals surface area contributed by atoms with Crippen LogP contribution in [0.1, 0.15) is 40.2 Å². The zero-order valence-electron chi connectivity index (χ0n) is 16.1. The number of ether oxygens (including phenoxy) is 1. The third-order valence-corrected chi connectivity index (χ3v) is 4.46. The first-order chi connectivity index (χ1) is 13.9. The van der Waals surface area contributed by atoms with Crippen LogP contribution in [0.5, 0.6) is 5.75 Å². The highest BCUT2D eigenvalue weighted by Crippen LogP contribution is 2.38. The number of hydrogen-bond acceptors (Lipinski definition) is 3. The van der Waals surface area contributed by atoms with E-state index in [4.69, 9.17) is 10.5 Å². The van der Waals surface area contributed by atoms with Crippen LogP contribution in [-0.4, -0.2) is 30.8 Å². The van der Waals surface area contributed by atoms with Crippen LogP contribution in [0, 0.1) is 6.92 Å². The molecule has 0 saturated carbocycles. The first-order valence-electron chi connectivity index (χ1n) is 9.11. The van der Waals surface area contributed by atoms with Gasteiger partial charge in [-0.2, -0.15) is 26.3 Å². The van der Waals surface area contributed by atoms with Crippen LogP contribution >= 0.6 is 0 Å². The fourth-order valence-electron chi connectivity index (χ4n) is 2.90. The highest BCUT2D eigenvalue weighted by atomic mass is 19.4. The first-order valence-corrected chi connectivity index (χ1v) is 9.11. The van der Waals surface area contributed by atoms with Gasteiger partial charge in [-0.05, 0) is 31.0 Å². The number of hydrogen-bond donors (Lipinski definition) is 1. The second kappa shape index (κ2) is 9.51. The third kappa shape index (κ3) is 6.76. The van der Waals surface area contributed by atoms with E-state index in [9.17, 15) is 31.1 Å². The number of nitrogens with two attached hydrogens (primary N) is 1. The van der Waals surface area contributed by atoms with E-state index < -0.39 is 36.5 Å². The molecule has 9 heteroatoms. The van der Waals surface area contributed by atoms with Crippen LogP contribution in [-0.2, 0) is 0 Å². The summed E-state index contributed by atoms with van der Waals surface area (Å²) in [6.07, 6.45) is -10.4. The lowest BCUT2D eigenvalue weighted by molar-refractivity contribution is -0.152. The SMILES string of the molecule is Cc1ccc(C(=O)C(N)C(c2ccc(OCCCC(F)(F)F)cc2)C(F)(F)F)cc1. The Morgan fingerprint density at radius 3 is 2.03 bits per heavy atom. The molecule has 2 atom stereocenters. The summed E-state index contributed by atoms with van der Waals surface area (Å²) in [7, 11) is 0. The van der Waals surface area contributed by atoms with Crippen molar-refractivity contribution >= 4 is 5.78 Å². The number of carbonyl (C=O) groups excluding carboxylic acids is 1. The highest BCUT2D eigenvalue weighted by Gasteiger charge is 2.47. The van der Waals surface area contributed by atoms with Gasteiger partial charge in [-0.25, -0.2) is 0 Å². The predicted molar refractivity (Wildman–Crippen MR) is 99.5 cm³/mol. The van der Waals surface area contributed by atoms with Crippen molar-refractivity contribution in [2.75, 3.05) is 6.61 Å². The Morgan fingerprint density at radius 1 is 0.967 bits per heavy atom. The third-order valence-electron chi connectivity index (χ3n) is 4.46. The molecule has 0 spiro atoms. The fourth-order valence-corrected chi connectivity index (χ4v) is 2.90. The standard InChI is InChI=1S/C21H21F6NO2/c1-13-3-5-15(6-4-13)19(29)18(28)17(21(25,26)27)14-7-9-16(10-8-14)30-12-2-11-20(22,23)24/h3-10,17-18H,2,11-12,28H2,1H3. The minimum atomic E-state index is -4.78. The Labute approximate surface area is 169 Å². The fraction of sp³-hybridized carbons (Fsp3) is 0.381. The van der Waals surface area contributed by atoms with Crippen LogP contribution in [0.15, 0.2) is 48.5 Å². The Morgan fingerprint density at radius 2 is 1.53 bits per heavy atom. The summed E-state index contributed by atoms with van der Waals surface area (Å²) < 4.78 is 82.5. The van der Waals surface area contributed by atoms with Crippen LogP contribution < -0.4 is 10.5 Å². The number of rotatable bonds is 8. The zero-order valence-corrected chi connectivity index (χ0v) is 16.1. The van der Waals surface area contributed by atoms with Gasteiger partial charge >= 0.3 is 12.4 Å². The van der Waals surface area contributed by atoms with E-state index >= 15 is 0 Å². The van der Waals surface area contributed by atoms with Crippen molar-refractivity contribution in [1.82, 2.24) is 0 Å². The van der Waals surface area contributed by atoms with Crippen LogP contribution in [0.25, 0.3) is 0 Å². The average molecular weight is 433 g/mol. The van der Waals surface area contributed by atoms with Crippen LogP contribution in [0.4, 0.5) is 26.3 Å². The molecular weight excluding hydrogens is 412 g/mol. The van der Waals surface area contributed by atoms with Gasteiger partial charge < -0.3 is 10.5 Å². The smallest absolute Gasteiger partial charge is 0.397 e. The van der Waals surface area contributed by atoms with E-state index in [1.807, 2.05) is 0 Å². The monoisotopic (exact) mass is 433 g/mol. The van der Waals surface area contributed by atoms with Gasteiger partial charge in [0.25, 0.3) is 0 Å². The zero-order chi connectivity index (χ0) is 22.5. The number of halogens is 6. The van der Waals surface area contributed by atoms with Gasteiger partial charge in [0.05, 0.1) is 12.6 Å². The van der Waals surface area contributed by atoms with E-state index in [0.29, 0.717) is 0 Å². The molecule has 2 N–H and O–H groups in total. The summed E-state index contributed by atoms with van der Waals surface area (Å²) in [6, 6.07) is 8.84. The van der Waals surface area contributed by atoms with E-state index in [1.165, 1.54) is 24.3 Å². The minimum Gasteiger partial charge on any atom is -0.494 e. The molecule has 0 fully saturated rings. The van der Waals surface area contributed by atoms with Gasteiger partial charge in [0.15, 0.2) is 5.78 Å². The first kappa shape index (κ1) is 23.7. The summed E-state index contributed by atoms with van der Waals surface area (Å²) >= 11 is 0. The number of aryl methyl sites for hydroxylation is 1. The Balaban J connectivity index is 2.13. The Hall–Kier alpha value is -2.55. The lowest BCUT2D eigenvalue weighted by Gasteiger charge is -2.26. The van der Waals surface area contributed by atoms with Crippen molar-refractivity contribution in [3.8, 4) is 5.75 Å². The molecule has 3 nitrogen and oxygen atoms in total. The van der Waals surface area contributed by atoms with Gasteiger partial charge in [0.2, 0.25) is 0 Å². The molecule has 0 aliphatic rings. The number of benzene rings is 2. The summed E-state index contributed by atoms with van der Waals surface area (Å²) in [5.74, 6) is -2.96. The lowest BCUT2D eigenvalue weighted by Crippen LogP contribution is -2.43. The molecule has 0 heterocycles. The molecule has 0 aromatic heterocycles. The maximum absolute atomic E-state index is 13.7. The van der Waals surface area contributed by atoms with Gasteiger partial charge in [-0.15, -0.1) is 0 Å². The van der Waals surface area contributed by atoms with Crippen molar-refractivity contribution in [2.45, 2.75) is 44.1 Å². The molecule has 2 unspecified atom stereocenters. The van der Waals surface area contributed by atoms with Crippen molar-refractivity contribution < 1.29 is 35.9 Å².